The third kappa shape index (κ3) is 5.44. The summed E-state index contributed by atoms with van der Waals surface area (Å²) < 4.78 is 0.994. The normalized spacial score (nSPS) is 12.6. The van der Waals surface area contributed by atoms with Crippen LogP contribution in [0.4, 0.5) is 0 Å². The molecule has 2 aromatic carbocycles. The number of aliphatic hydroxyl groups is 1. The van der Waals surface area contributed by atoms with Crippen molar-refractivity contribution in [1.29, 1.82) is 0 Å². The largest absolute Gasteiger partial charge is 0.388 e. The second-order valence-corrected chi connectivity index (χ2v) is 6.58. The maximum Gasteiger partial charge on any atom is 0.0802 e. The molecule has 0 heterocycles. The lowest BCUT2D eigenvalue weighted by Crippen LogP contribution is -2.20. The molecule has 21 heavy (non-hydrogen) atoms. The van der Waals surface area contributed by atoms with Gasteiger partial charge >= 0.3 is 0 Å². The molecule has 2 aromatic rings. The van der Waals surface area contributed by atoms with E-state index in [4.69, 9.17) is 11.6 Å². The van der Waals surface area contributed by atoms with Gasteiger partial charge in [0, 0.05) is 22.6 Å². The quantitative estimate of drug-likeness (QED) is 0.801. The van der Waals surface area contributed by atoms with E-state index in [0.717, 1.165) is 28.1 Å². The van der Waals surface area contributed by atoms with E-state index in [0.29, 0.717) is 6.42 Å². The first-order valence-corrected chi connectivity index (χ1v) is 8.08. The molecule has 0 aliphatic heterocycles. The van der Waals surface area contributed by atoms with Crippen LogP contribution in [0, 0.1) is 0 Å². The van der Waals surface area contributed by atoms with Crippen LogP contribution in [0.5, 0.6) is 0 Å². The molecule has 0 aromatic heterocycles. The molecule has 0 saturated carbocycles. The molecule has 2 nitrogen and oxygen atoms in total. The Kier molecular flexibility index (Phi) is 6.24. The van der Waals surface area contributed by atoms with Gasteiger partial charge in [-0.2, -0.15) is 0 Å². The molecule has 0 fully saturated rings. The van der Waals surface area contributed by atoms with E-state index in [-0.39, 0.29) is 0 Å². The molecule has 0 aliphatic rings. The summed E-state index contributed by atoms with van der Waals surface area (Å²) in [5, 5.41) is 11.0. The average Bonchev–Trinajstić information content (AvgIpc) is 2.47. The van der Waals surface area contributed by atoms with E-state index in [1.54, 1.807) is 0 Å². The van der Waals surface area contributed by atoms with Crippen LogP contribution in [0.15, 0.2) is 53.0 Å². The molecule has 2 rings (SSSR count). The Balaban J connectivity index is 1.83. The summed E-state index contributed by atoms with van der Waals surface area (Å²) in [5.41, 5.74) is 2.17. The van der Waals surface area contributed by atoms with E-state index >= 15 is 0 Å². The fourth-order valence-electron chi connectivity index (χ4n) is 2.20. The van der Waals surface area contributed by atoms with Crippen molar-refractivity contribution in [3.05, 3.63) is 69.2 Å². The molecule has 0 bridgehead atoms. The smallest absolute Gasteiger partial charge is 0.0802 e. The fraction of sp³-hybridized carbons (Fsp3) is 0.294. The molecule has 0 spiro atoms. The lowest BCUT2D eigenvalue weighted by molar-refractivity contribution is 0.147. The number of rotatable bonds is 6. The minimum Gasteiger partial charge on any atom is -0.388 e. The molecular weight excluding hydrogens is 350 g/mol. The van der Waals surface area contributed by atoms with E-state index in [2.05, 4.69) is 27.9 Å². The highest BCUT2D eigenvalue weighted by atomic mass is 79.9. The zero-order valence-electron chi connectivity index (χ0n) is 12.0. The van der Waals surface area contributed by atoms with Gasteiger partial charge in [0.05, 0.1) is 6.10 Å². The second-order valence-electron chi connectivity index (χ2n) is 5.22. The molecule has 0 aliphatic carbocycles. The molecule has 0 amide bonds. The highest BCUT2D eigenvalue weighted by Gasteiger charge is 2.09. The Bertz CT molecular complexity index is 573. The Hall–Kier alpha value is -0.870. The van der Waals surface area contributed by atoms with Crippen molar-refractivity contribution >= 4 is 27.5 Å². The summed E-state index contributed by atoms with van der Waals surface area (Å²) in [6.45, 7) is 1.68. The zero-order valence-corrected chi connectivity index (χ0v) is 14.3. The van der Waals surface area contributed by atoms with Crippen LogP contribution in [-0.2, 0) is 6.54 Å². The van der Waals surface area contributed by atoms with Crippen molar-refractivity contribution in [2.75, 3.05) is 13.6 Å². The van der Waals surface area contributed by atoms with Gasteiger partial charge in [-0.25, -0.2) is 0 Å². The summed E-state index contributed by atoms with van der Waals surface area (Å²) in [6, 6.07) is 15.7. The molecule has 1 atom stereocenters. The van der Waals surface area contributed by atoms with Crippen molar-refractivity contribution in [1.82, 2.24) is 4.90 Å². The Labute approximate surface area is 139 Å². The lowest BCUT2D eigenvalue weighted by Gasteiger charge is -2.19. The average molecular weight is 369 g/mol. The number of hydrogen-bond acceptors (Lipinski definition) is 2. The number of aliphatic hydroxyl groups excluding tert-OH is 1. The summed E-state index contributed by atoms with van der Waals surface area (Å²) in [7, 11) is 2.06. The van der Waals surface area contributed by atoms with Crippen molar-refractivity contribution in [2.45, 2.75) is 19.1 Å². The van der Waals surface area contributed by atoms with Gasteiger partial charge in [-0.1, -0.05) is 51.8 Å². The van der Waals surface area contributed by atoms with E-state index in [1.807, 2.05) is 48.5 Å². The summed E-state index contributed by atoms with van der Waals surface area (Å²) in [5.74, 6) is 0. The van der Waals surface area contributed by atoms with E-state index < -0.39 is 6.10 Å². The van der Waals surface area contributed by atoms with Gasteiger partial charge < -0.3 is 10.0 Å². The van der Waals surface area contributed by atoms with Crippen molar-refractivity contribution in [3.8, 4) is 0 Å². The third-order valence-corrected chi connectivity index (χ3v) is 4.13. The van der Waals surface area contributed by atoms with E-state index in [9.17, 15) is 5.11 Å². The first-order valence-electron chi connectivity index (χ1n) is 6.91. The highest BCUT2D eigenvalue weighted by molar-refractivity contribution is 9.10. The summed E-state index contributed by atoms with van der Waals surface area (Å²) in [4.78, 5) is 2.20. The van der Waals surface area contributed by atoms with Crippen LogP contribution >= 0.6 is 27.5 Å². The molecular formula is C17H19BrClNO. The fourth-order valence-corrected chi connectivity index (χ4v) is 2.75. The van der Waals surface area contributed by atoms with Crippen molar-refractivity contribution < 1.29 is 5.11 Å². The molecule has 0 saturated heterocycles. The second kappa shape index (κ2) is 7.95. The minimum atomic E-state index is -0.435. The predicted octanol–water partition coefficient (Wildman–Crippen LogP) is 4.66. The van der Waals surface area contributed by atoms with Gasteiger partial charge in [0.15, 0.2) is 0 Å². The molecule has 0 radical (unpaired) electrons. The van der Waals surface area contributed by atoms with Crippen molar-refractivity contribution in [3.63, 3.8) is 0 Å². The Morgan fingerprint density at radius 1 is 1.19 bits per heavy atom. The first-order chi connectivity index (χ1) is 10.0. The number of benzene rings is 2. The van der Waals surface area contributed by atoms with Crippen LogP contribution in [0.2, 0.25) is 5.02 Å². The van der Waals surface area contributed by atoms with Gasteiger partial charge in [0.2, 0.25) is 0 Å². The molecule has 1 unspecified atom stereocenters. The monoisotopic (exact) mass is 367 g/mol. The molecule has 1 N–H and O–H groups in total. The topological polar surface area (TPSA) is 23.5 Å². The molecule has 4 heteroatoms. The third-order valence-electron chi connectivity index (χ3n) is 3.38. The summed E-state index contributed by atoms with van der Waals surface area (Å²) in [6.07, 6.45) is 0.274. The zero-order chi connectivity index (χ0) is 15.2. The van der Waals surface area contributed by atoms with Crippen LogP contribution < -0.4 is 0 Å². The minimum absolute atomic E-state index is 0.435. The standard InChI is InChI=1S/C17H19BrClNO/c1-20(12-13-5-7-16(19)8-6-13)10-9-17(21)14-3-2-4-15(18)11-14/h2-8,11,17,21H,9-10,12H2,1H3. The first kappa shape index (κ1) is 16.5. The van der Waals surface area contributed by atoms with Gasteiger partial charge in [-0.15, -0.1) is 0 Å². The Morgan fingerprint density at radius 3 is 2.57 bits per heavy atom. The summed E-state index contributed by atoms with van der Waals surface area (Å²) >= 11 is 9.31. The molecule has 112 valence electrons. The van der Waals surface area contributed by atoms with Crippen LogP contribution in [0.1, 0.15) is 23.7 Å². The SMILES string of the molecule is CN(CCC(O)c1cccc(Br)c1)Cc1ccc(Cl)cc1. The van der Waals surface area contributed by atoms with Crippen LogP contribution in [-0.4, -0.2) is 23.6 Å². The van der Waals surface area contributed by atoms with Crippen LogP contribution in [0.25, 0.3) is 0 Å². The lowest BCUT2D eigenvalue weighted by atomic mass is 10.1. The van der Waals surface area contributed by atoms with Crippen molar-refractivity contribution in [2.24, 2.45) is 0 Å². The maximum absolute atomic E-state index is 10.2. The van der Waals surface area contributed by atoms with Gasteiger partial charge in [-0.3, -0.25) is 0 Å². The van der Waals surface area contributed by atoms with Gasteiger partial charge in [-0.05, 0) is 48.9 Å². The number of hydrogen-bond donors (Lipinski definition) is 1. The van der Waals surface area contributed by atoms with E-state index in [1.165, 1.54) is 5.56 Å². The van der Waals surface area contributed by atoms with Gasteiger partial charge in [0.25, 0.3) is 0 Å². The predicted molar refractivity (Wildman–Crippen MR) is 91.5 cm³/mol. The Morgan fingerprint density at radius 2 is 1.90 bits per heavy atom. The highest BCUT2D eigenvalue weighted by Crippen LogP contribution is 2.21. The number of nitrogens with zero attached hydrogens (tertiary/aromatic N) is 1. The van der Waals surface area contributed by atoms with Gasteiger partial charge in [0.1, 0.15) is 0 Å². The number of halogens is 2. The van der Waals surface area contributed by atoms with Crippen LogP contribution in [0.3, 0.4) is 0 Å². The maximum atomic E-state index is 10.2.